The van der Waals surface area contributed by atoms with Crippen molar-refractivity contribution in [2.45, 2.75) is 32.1 Å². The first kappa shape index (κ1) is 21.3. The molecule has 1 fully saturated rings. The van der Waals surface area contributed by atoms with Gasteiger partial charge in [0.05, 0.1) is 5.56 Å². The van der Waals surface area contributed by atoms with Crippen LogP contribution in [0.4, 0.5) is 15.8 Å². The van der Waals surface area contributed by atoms with Gasteiger partial charge in [-0.25, -0.2) is 4.39 Å². The van der Waals surface area contributed by atoms with Gasteiger partial charge in [-0.1, -0.05) is 12.8 Å². The number of hydrogen-bond acceptors (Lipinski definition) is 3. The van der Waals surface area contributed by atoms with Gasteiger partial charge in [0.1, 0.15) is 5.82 Å². The first-order chi connectivity index (χ1) is 14.0. The van der Waals surface area contributed by atoms with E-state index >= 15 is 0 Å². The minimum atomic E-state index is -0.486. The molecule has 1 heterocycles. The molecule has 2 aromatic carbocycles. The number of anilines is 2. The third-order valence-corrected chi connectivity index (χ3v) is 5.62. The van der Waals surface area contributed by atoms with Crippen molar-refractivity contribution in [3.63, 3.8) is 0 Å². The molecule has 5 nitrogen and oxygen atoms in total. The number of carbonyl (C=O) groups is 2. The average Bonchev–Trinajstić information content (AvgIpc) is 3.00. The number of nitrogens with one attached hydrogen (secondary N) is 2. The van der Waals surface area contributed by atoms with Crippen LogP contribution in [0.15, 0.2) is 46.9 Å². The molecule has 3 rings (SSSR count). The van der Waals surface area contributed by atoms with Crippen molar-refractivity contribution >= 4 is 39.1 Å². The maximum atomic E-state index is 13.3. The van der Waals surface area contributed by atoms with Gasteiger partial charge in [-0.2, -0.15) is 0 Å². The lowest BCUT2D eigenvalue weighted by Gasteiger charge is -2.22. The summed E-state index contributed by atoms with van der Waals surface area (Å²) in [5.41, 5.74) is 2.11. The summed E-state index contributed by atoms with van der Waals surface area (Å²) in [6.07, 6.45) is 5.15. The molecule has 1 aliphatic heterocycles. The second-order valence-corrected chi connectivity index (χ2v) is 7.98. The molecule has 0 aliphatic carbocycles. The highest BCUT2D eigenvalue weighted by atomic mass is 79.9. The lowest BCUT2D eigenvalue weighted by atomic mass is 10.2. The van der Waals surface area contributed by atoms with Gasteiger partial charge >= 0.3 is 0 Å². The third-order valence-electron chi connectivity index (χ3n) is 4.93. The molecular weight excluding hydrogens is 437 g/mol. The molecule has 0 unspecified atom stereocenters. The molecule has 1 aliphatic rings. The highest BCUT2D eigenvalue weighted by Crippen LogP contribution is 2.22. The van der Waals surface area contributed by atoms with E-state index in [1.165, 1.54) is 43.5 Å². The molecule has 2 aromatic rings. The zero-order valence-electron chi connectivity index (χ0n) is 16.2. The third kappa shape index (κ3) is 6.29. The van der Waals surface area contributed by atoms with Crippen LogP contribution in [0, 0.1) is 5.82 Å². The van der Waals surface area contributed by atoms with Crippen molar-refractivity contribution in [1.29, 1.82) is 0 Å². The van der Waals surface area contributed by atoms with Crippen molar-refractivity contribution in [1.82, 2.24) is 5.32 Å². The smallest absolute Gasteiger partial charge is 0.252 e. The summed E-state index contributed by atoms with van der Waals surface area (Å²) in [4.78, 5) is 26.7. The summed E-state index contributed by atoms with van der Waals surface area (Å²) in [5, 5.41) is 5.48. The van der Waals surface area contributed by atoms with E-state index in [-0.39, 0.29) is 24.4 Å². The minimum Gasteiger partial charge on any atom is -0.372 e. The van der Waals surface area contributed by atoms with Crippen molar-refractivity contribution in [2.75, 3.05) is 29.9 Å². The van der Waals surface area contributed by atoms with Gasteiger partial charge in [0, 0.05) is 41.9 Å². The first-order valence-corrected chi connectivity index (χ1v) is 10.7. The van der Waals surface area contributed by atoms with Gasteiger partial charge in [0.25, 0.3) is 5.91 Å². The molecule has 0 radical (unpaired) electrons. The number of benzene rings is 2. The van der Waals surface area contributed by atoms with E-state index in [2.05, 4.69) is 31.5 Å². The van der Waals surface area contributed by atoms with Crippen molar-refractivity contribution in [3.8, 4) is 0 Å². The van der Waals surface area contributed by atoms with Gasteiger partial charge in [0.15, 0.2) is 0 Å². The molecule has 2 amide bonds. The van der Waals surface area contributed by atoms with Crippen LogP contribution in [0.5, 0.6) is 0 Å². The molecule has 0 aromatic heterocycles. The SMILES string of the molecule is O=C(CCNC(=O)c1cc(F)ccc1Br)Nc1ccc(N2CCCCCC2)cc1. The van der Waals surface area contributed by atoms with E-state index in [1.54, 1.807) is 0 Å². The summed E-state index contributed by atoms with van der Waals surface area (Å²) >= 11 is 3.22. The van der Waals surface area contributed by atoms with Crippen LogP contribution in [0.3, 0.4) is 0 Å². The van der Waals surface area contributed by atoms with Crippen molar-refractivity contribution < 1.29 is 14.0 Å². The summed E-state index contributed by atoms with van der Waals surface area (Å²) in [6.45, 7) is 2.32. The Morgan fingerprint density at radius 1 is 1.00 bits per heavy atom. The van der Waals surface area contributed by atoms with Gasteiger partial charge in [-0.3, -0.25) is 9.59 Å². The topological polar surface area (TPSA) is 61.4 Å². The van der Waals surface area contributed by atoms with Crippen molar-refractivity contribution in [3.05, 3.63) is 58.3 Å². The van der Waals surface area contributed by atoms with E-state index in [1.807, 2.05) is 24.3 Å². The Morgan fingerprint density at radius 2 is 1.69 bits per heavy atom. The van der Waals surface area contributed by atoms with Crippen LogP contribution < -0.4 is 15.5 Å². The Kier molecular flexibility index (Phi) is 7.63. The quantitative estimate of drug-likeness (QED) is 0.653. The Labute approximate surface area is 178 Å². The van der Waals surface area contributed by atoms with Gasteiger partial charge < -0.3 is 15.5 Å². The maximum absolute atomic E-state index is 13.3. The molecule has 29 heavy (non-hydrogen) atoms. The number of rotatable bonds is 6. The predicted molar refractivity (Wildman–Crippen MR) is 117 cm³/mol. The molecule has 0 bridgehead atoms. The van der Waals surface area contributed by atoms with Gasteiger partial charge in [-0.15, -0.1) is 0 Å². The van der Waals surface area contributed by atoms with Gasteiger partial charge in [-0.05, 0) is 71.2 Å². The summed E-state index contributed by atoms with van der Waals surface area (Å²) in [7, 11) is 0. The number of amides is 2. The molecule has 0 saturated carbocycles. The highest BCUT2D eigenvalue weighted by molar-refractivity contribution is 9.10. The standard InChI is InChI=1S/C22H25BrFN3O2/c23-20-10-5-16(24)15-19(20)22(29)25-12-11-21(28)26-17-6-8-18(9-7-17)27-13-3-1-2-4-14-27/h5-10,15H,1-4,11-14H2,(H,25,29)(H,26,28). The van der Waals surface area contributed by atoms with Crippen LogP contribution >= 0.6 is 15.9 Å². The summed E-state index contributed by atoms with van der Waals surface area (Å²) in [5.74, 6) is -1.10. The average molecular weight is 462 g/mol. The number of hydrogen-bond donors (Lipinski definition) is 2. The molecule has 0 spiro atoms. The number of halogens is 2. The van der Waals surface area contributed by atoms with E-state index in [0.717, 1.165) is 24.8 Å². The lowest BCUT2D eigenvalue weighted by molar-refractivity contribution is -0.116. The summed E-state index contributed by atoms with van der Waals surface area (Å²) < 4.78 is 13.8. The zero-order valence-corrected chi connectivity index (χ0v) is 17.8. The monoisotopic (exact) mass is 461 g/mol. The number of nitrogens with zero attached hydrogens (tertiary/aromatic N) is 1. The number of carbonyl (C=O) groups excluding carboxylic acids is 2. The Bertz CT molecular complexity index is 850. The second-order valence-electron chi connectivity index (χ2n) is 7.13. The fraction of sp³-hybridized carbons (Fsp3) is 0.364. The molecule has 7 heteroatoms. The first-order valence-electron chi connectivity index (χ1n) is 9.91. The fourth-order valence-corrected chi connectivity index (χ4v) is 3.79. The van der Waals surface area contributed by atoms with E-state index in [0.29, 0.717) is 4.47 Å². The Morgan fingerprint density at radius 3 is 2.38 bits per heavy atom. The molecule has 154 valence electrons. The molecular formula is C22H25BrFN3O2. The highest BCUT2D eigenvalue weighted by Gasteiger charge is 2.12. The molecule has 0 atom stereocenters. The van der Waals surface area contributed by atoms with Crippen LogP contribution in [-0.2, 0) is 4.79 Å². The second kappa shape index (κ2) is 10.4. The Balaban J connectivity index is 1.45. The Hall–Kier alpha value is -2.41. The lowest BCUT2D eigenvalue weighted by Crippen LogP contribution is -2.28. The van der Waals surface area contributed by atoms with E-state index < -0.39 is 11.7 Å². The normalized spacial score (nSPS) is 14.2. The van der Waals surface area contributed by atoms with Crippen molar-refractivity contribution in [2.24, 2.45) is 0 Å². The largest absolute Gasteiger partial charge is 0.372 e. The van der Waals surface area contributed by atoms with E-state index in [4.69, 9.17) is 0 Å². The van der Waals surface area contributed by atoms with Gasteiger partial charge in [0.2, 0.25) is 5.91 Å². The van der Waals surface area contributed by atoms with Crippen LogP contribution in [0.25, 0.3) is 0 Å². The minimum absolute atomic E-state index is 0.131. The molecule has 1 saturated heterocycles. The zero-order chi connectivity index (χ0) is 20.6. The van der Waals surface area contributed by atoms with Crippen LogP contribution in [-0.4, -0.2) is 31.4 Å². The maximum Gasteiger partial charge on any atom is 0.252 e. The van der Waals surface area contributed by atoms with Crippen LogP contribution in [0.2, 0.25) is 0 Å². The summed E-state index contributed by atoms with van der Waals surface area (Å²) in [6, 6.07) is 11.8. The predicted octanol–water partition coefficient (Wildman–Crippen LogP) is 4.73. The fourth-order valence-electron chi connectivity index (χ4n) is 3.36. The van der Waals surface area contributed by atoms with Crippen LogP contribution in [0.1, 0.15) is 42.5 Å². The molecule has 2 N–H and O–H groups in total. The van der Waals surface area contributed by atoms with E-state index in [9.17, 15) is 14.0 Å².